The molecule has 5 atom stereocenters. The molecular weight excluding hydrogens is 573 g/mol. The molecule has 4 aromatic rings. The molecule has 2 aliphatic heterocycles. The lowest BCUT2D eigenvalue weighted by molar-refractivity contribution is -0.284. The number of nitrogens with zero attached hydrogens (tertiary/aromatic N) is 4. The van der Waals surface area contributed by atoms with Crippen LogP contribution in [-0.2, 0) is 22.6 Å². The number of aliphatic hydroxyl groups is 4. The molecular formula is C31H30FN5O7. The van der Waals surface area contributed by atoms with Crippen molar-refractivity contribution in [2.45, 2.75) is 50.2 Å². The van der Waals surface area contributed by atoms with Crippen LogP contribution >= 0.6 is 0 Å². The van der Waals surface area contributed by atoms with Crippen LogP contribution in [0.2, 0.25) is 0 Å². The van der Waals surface area contributed by atoms with E-state index in [-0.39, 0.29) is 37.5 Å². The van der Waals surface area contributed by atoms with E-state index in [1.54, 1.807) is 23.1 Å². The second-order valence-electron chi connectivity index (χ2n) is 10.7. The number of benzene rings is 3. The van der Waals surface area contributed by atoms with Gasteiger partial charge >= 0.3 is 0 Å². The van der Waals surface area contributed by atoms with Gasteiger partial charge in [-0.05, 0) is 35.9 Å². The molecule has 0 saturated carbocycles. The van der Waals surface area contributed by atoms with Crippen molar-refractivity contribution in [1.82, 2.24) is 20.3 Å². The Bertz CT molecular complexity index is 1680. The van der Waals surface area contributed by atoms with E-state index in [4.69, 9.17) is 4.74 Å². The fourth-order valence-corrected chi connectivity index (χ4v) is 5.54. The molecule has 0 bridgehead atoms. The molecule has 0 radical (unpaired) electrons. The zero-order chi connectivity index (χ0) is 31.0. The summed E-state index contributed by atoms with van der Waals surface area (Å²) in [6, 6.07) is 19.7. The number of rotatable bonds is 6. The highest BCUT2D eigenvalue weighted by Crippen LogP contribution is 2.41. The molecule has 1 aromatic heterocycles. The fourth-order valence-electron chi connectivity index (χ4n) is 5.54. The quantitative estimate of drug-likeness (QED) is 0.217. The highest BCUT2D eigenvalue weighted by Gasteiger charge is 2.43. The molecule has 0 spiro atoms. The lowest BCUT2D eigenvalue weighted by Gasteiger charge is -2.38. The Labute approximate surface area is 250 Å². The number of hydrogen-bond donors (Lipinski definition) is 5. The molecule has 6 rings (SSSR count). The molecule has 228 valence electrons. The number of aromatic nitrogens is 3. The van der Waals surface area contributed by atoms with E-state index in [0.29, 0.717) is 22.6 Å². The normalized spacial score (nSPS) is 22.7. The van der Waals surface area contributed by atoms with Gasteiger partial charge in [-0.25, -0.2) is 9.07 Å². The maximum Gasteiger partial charge on any atom is 0.251 e. The van der Waals surface area contributed by atoms with Gasteiger partial charge in [0.25, 0.3) is 5.91 Å². The van der Waals surface area contributed by atoms with Gasteiger partial charge in [0.05, 0.1) is 24.5 Å². The summed E-state index contributed by atoms with van der Waals surface area (Å²) in [6.07, 6.45) is -7.71. The van der Waals surface area contributed by atoms with Crippen LogP contribution in [-0.4, -0.2) is 84.5 Å². The summed E-state index contributed by atoms with van der Waals surface area (Å²) in [5.74, 6) is -1.14. The lowest BCUT2D eigenvalue weighted by atomic mass is 9.95. The smallest absolute Gasteiger partial charge is 0.251 e. The third-order valence-electron chi connectivity index (χ3n) is 7.86. The van der Waals surface area contributed by atoms with E-state index in [9.17, 15) is 34.4 Å². The number of ether oxygens (including phenoxy) is 1. The molecule has 12 nitrogen and oxygen atoms in total. The largest absolute Gasteiger partial charge is 0.388 e. The number of halogens is 1. The van der Waals surface area contributed by atoms with Crippen molar-refractivity contribution in [3.63, 3.8) is 0 Å². The molecule has 2 amide bonds. The van der Waals surface area contributed by atoms with Crippen molar-refractivity contribution >= 4 is 17.5 Å². The highest BCUT2D eigenvalue weighted by atomic mass is 19.1. The Kier molecular flexibility index (Phi) is 8.21. The third-order valence-corrected chi connectivity index (χ3v) is 7.86. The molecule has 3 heterocycles. The number of nitrogens with one attached hydrogen (secondary N) is 1. The SMILES string of the molecule is O=C(NCCC(=O)N1Cc2ccccc2-c2nnn(C[C@H]3OC(O)[C@H](O)[C@@H](O)[C@@H]3O)c2-c2ccccc21)c1ccc(F)cc1. The molecule has 44 heavy (non-hydrogen) atoms. The number of carbonyl (C=O) groups is 2. The minimum atomic E-state index is -1.71. The molecule has 2 aliphatic rings. The first-order chi connectivity index (χ1) is 21.2. The summed E-state index contributed by atoms with van der Waals surface area (Å²) in [6.45, 7) is 0.128. The van der Waals surface area contributed by atoms with Crippen LogP contribution in [0.4, 0.5) is 10.1 Å². The average molecular weight is 604 g/mol. The van der Waals surface area contributed by atoms with Crippen molar-refractivity contribution in [2.75, 3.05) is 11.4 Å². The summed E-state index contributed by atoms with van der Waals surface area (Å²) < 4.78 is 20.1. The first-order valence-electron chi connectivity index (χ1n) is 14.1. The van der Waals surface area contributed by atoms with Crippen LogP contribution in [0.5, 0.6) is 0 Å². The standard InChI is InChI=1S/C31H30FN5O7/c32-19-11-9-17(10-12-19)30(42)33-14-13-24(38)36-15-18-5-1-2-6-20(18)25-26(21-7-3-4-8-22(21)36)37(35-34-25)16-23-27(39)28(40)29(41)31(43)44-23/h1-12,23,27-29,31,39-41,43H,13-16H2,(H,33,42)/t23-,27-,28+,29-,31?/m1/s1. The molecule has 5 N–H and O–H groups in total. The Hall–Kier alpha value is -4.53. The fraction of sp³-hybridized carbons (Fsp3) is 0.290. The Morgan fingerprint density at radius 3 is 2.39 bits per heavy atom. The summed E-state index contributed by atoms with van der Waals surface area (Å²) in [5, 5.41) is 52.3. The van der Waals surface area contributed by atoms with Gasteiger partial charge < -0.3 is 35.4 Å². The zero-order valence-corrected chi connectivity index (χ0v) is 23.3. The van der Waals surface area contributed by atoms with E-state index in [1.165, 1.54) is 28.9 Å². The molecule has 13 heteroatoms. The molecule has 0 aliphatic carbocycles. The van der Waals surface area contributed by atoms with Crippen LogP contribution in [0.25, 0.3) is 22.5 Å². The average Bonchev–Trinajstić information content (AvgIpc) is 3.43. The van der Waals surface area contributed by atoms with Gasteiger partial charge in [-0.3, -0.25) is 9.59 Å². The second-order valence-corrected chi connectivity index (χ2v) is 10.7. The van der Waals surface area contributed by atoms with E-state index in [2.05, 4.69) is 15.6 Å². The van der Waals surface area contributed by atoms with Gasteiger partial charge in [0.1, 0.15) is 35.9 Å². The zero-order valence-electron chi connectivity index (χ0n) is 23.3. The third kappa shape index (κ3) is 5.58. The number of aliphatic hydroxyl groups excluding tert-OH is 4. The first kappa shape index (κ1) is 29.5. The van der Waals surface area contributed by atoms with E-state index >= 15 is 0 Å². The maximum atomic E-state index is 13.8. The summed E-state index contributed by atoms with van der Waals surface area (Å²) >= 11 is 0. The summed E-state index contributed by atoms with van der Waals surface area (Å²) in [5.41, 5.74) is 4.01. The molecule has 1 unspecified atom stereocenters. The Morgan fingerprint density at radius 2 is 1.61 bits per heavy atom. The van der Waals surface area contributed by atoms with Gasteiger partial charge in [0.2, 0.25) is 5.91 Å². The van der Waals surface area contributed by atoms with Crippen LogP contribution in [0, 0.1) is 5.82 Å². The van der Waals surface area contributed by atoms with E-state index in [0.717, 1.165) is 11.1 Å². The van der Waals surface area contributed by atoms with Crippen molar-refractivity contribution in [3.8, 4) is 22.5 Å². The van der Waals surface area contributed by atoms with Crippen LogP contribution < -0.4 is 10.2 Å². The number of para-hydroxylation sites is 1. The predicted molar refractivity (Wildman–Crippen MR) is 154 cm³/mol. The molecule has 1 saturated heterocycles. The number of carbonyl (C=O) groups excluding carboxylic acids is 2. The van der Waals surface area contributed by atoms with E-state index < -0.39 is 42.4 Å². The topological polar surface area (TPSA) is 170 Å². The van der Waals surface area contributed by atoms with Crippen molar-refractivity contribution in [2.24, 2.45) is 0 Å². The second kappa shape index (κ2) is 12.2. The minimum absolute atomic E-state index is 0.0198. The number of anilines is 1. The van der Waals surface area contributed by atoms with Crippen molar-refractivity contribution < 1.29 is 39.1 Å². The Morgan fingerprint density at radius 1 is 0.909 bits per heavy atom. The number of hydrogen-bond acceptors (Lipinski definition) is 9. The van der Waals surface area contributed by atoms with Gasteiger partial charge in [-0.2, -0.15) is 0 Å². The van der Waals surface area contributed by atoms with Crippen LogP contribution in [0.15, 0.2) is 72.8 Å². The van der Waals surface area contributed by atoms with Crippen molar-refractivity contribution in [1.29, 1.82) is 0 Å². The Balaban J connectivity index is 1.32. The summed E-state index contributed by atoms with van der Waals surface area (Å²) in [4.78, 5) is 27.9. The number of amides is 2. The monoisotopic (exact) mass is 603 g/mol. The number of fused-ring (bicyclic) bond motifs is 5. The lowest BCUT2D eigenvalue weighted by Crippen LogP contribution is -2.58. The van der Waals surface area contributed by atoms with Gasteiger partial charge in [-0.1, -0.05) is 47.7 Å². The van der Waals surface area contributed by atoms with Crippen molar-refractivity contribution in [3.05, 3.63) is 89.7 Å². The minimum Gasteiger partial charge on any atom is -0.388 e. The van der Waals surface area contributed by atoms with E-state index in [1.807, 2.05) is 30.3 Å². The van der Waals surface area contributed by atoms with Gasteiger partial charge in [0.15, 0.2) is 6.29 Å². The summed E-state index contributed by atoms with van der Waals surface area (Å²) in [7, 11) is 0. The first-order valence-corrected chi connectivity index (χ1v) is 14.1. The predicted octanol–water partition coefficient (Wildman–Crippen LogP) is 1.22. The highest BCUT2D eigenvalue weighted by molar-refractivity contribution is 6.00. The molecule has 1 fully saturated rings. The van der Waals surface area contributed by atoms with Gasteiger partial charge in [0, 0.05) is 29.7 Å². The van der Waals surface area contributed by atoms with Gasteiger partial charge in [-0.15, -0.1) is 5.10 Å². The molecule has 3 aromatic carbocycles. The maximum absolute atomic E-state index is 13.8. The van der Waals surface area contributed by atoms with Crippen LogP contribution in [0.1, 0.15) is 22.3 Å². The van der Waals surface area contributed by atoms with Crippen LogP contribution in [0.3, 0.4) is 0 Å².